The van der Waals surface area contributed by atoms with E-state index in [1.807, 2.05) is 25.4 Å². The van der Waals surface area contributed by atoms with Gasteiger partial charge in [-0.2, -0.15) is 0 Å². The van der Waals surface area contributed by atoms with Gasteiger partial charge < -0.3 is 13.9 Å². The first-order valence-corrected chi connectivity index (χ1v) is 7.45. The average Bonchev–Trinajstić information content (AvgIpc) is 2.93. The van der Waals surface area contributed by atoms with Crippen molar-refractivity contribution < 1.29 is 4.74 Å². The van der Waals surface area contributed by atoms with Crippen LogP contribution in [-0.2, 0) is 18.3 Å². The summed E-state index contributed by atoms with van der Waals surface area (Å²) in [6.07, 6.45) is 9.38. The van der Waals surface area contributed by atoms with Gasteiger partial charge in [0.05, 0.1) is 12.6 Å². The van der Waals surface area contributed by atoms with Gasteiger partial charge in [0.2, 0.25) is 0 Å². The molecule has 3 heterocycles. The molecular weight excluding hydrogens is 266 g/mol. The number of aromatic nitrogens is 3. The number of pyridine rings is 1. The first kappa shape index (κ1) is 14.1. The van der Waals surface area contributed by atoms with Gasteiger partial charge in [-0.25, -0.2) is 4.98 Å². The van der Waals surface area contributed by atoms with Gasteiger partial charge in [-0.05, 0) is 32.3 Å². The van der Waals surface area contributed by atoms with Crippen LogP contribution < -0.4 is 5.56 Å². The molecule has 1 saturated heterocycles. The molecule has 0 spiro atoms. The molecule has 0 N–H and O–H groups in total. The first-order valence-electron chi connectivity index (χ1n) is 7.45. The topological polar surface area (TPSA) is 49.0 Å². The van der Waals surface area contributed by atoms with Crippen LogP contribution in [0.3, 0.4) is 0 Å². The molecule has 2 aromatic heterocycles. The molecule has 5 nitrogen and oxygen atoms in total. The molecule has 0 bridgehead atoms. The van der Waals surface area contributed by atoms with E-state index in [0.717, 1.165) is 42.9 Å². The second-order valence-electron chi connectivity index (χ2n) is 5.72. The summed E-state index contributed by atoms with van der Waals surface area (Å²) in [5.41, 5.74) is 1.74. The van der Waals surface area contributed by atoms with Crippen LogP contribution in [0.25, 0.3) is 11.4 Å². The smallest absolute Gasteiger partial charge is 0.253 e. The molecule has 0 radical (unpaired) electrons. The maximum absolute atomic E-state index is 11.8. The van der Waals surface area contributed by atoms with E-state index < -0.39 is 0 Å². The molecule has 3 rings (SSSR count). The van der Waals surface area contributed by atoms with Crippen molar-refractivity contribution in [3.63, 3.8) is 0 Å². The quantitative estimate of drug-likeness (QED) is 0.869. The number of nitrogens with zero attached hydrogens (tertiary/aromatic N) is 3. The number of ether oxygens (including phenoxy) is 1. The predicted molar refractivity (Wildman–Crippen MR) is 81.2 cm³/mol. The van der Waals surface area contributed by atoms with Gasteiger partial charge in [0.15, 0.2) is 0 Å². The lowest BCUT2D eigenvalue weighted by atomic mass is 10.1. The molecule has 112 valence electrons. The van der Waals surface area contributed by atoms with Crippen LogP contribution in [0.15, 0.2) is 29.5 Å². The Morgan fingerprint density at radius 3 is 3.00 bits per heavy atom. The molecule has 21 heavy (non-hydrogen) atoms. The summed E-state index contributed by atoms with van der Waals surface area (Å²) in [6.45, 7) is 3.51. The van der Waals surface area contributed by atoms with Crippen molar-refractivity contribution in [1.82, 2.24) is 14.1 Å². The Morgan fingerprint density at radius 1 is 1.43 bits per heavy atom. The Balaban J connectivity index is 1.89. The van der Waals surface area contributed by atoms with Crippen LogP contribution in [0.2, 0.25) is 0 Å². The second-order valence-corrected chi connectivity index (χ2v) is 5.72. The van der Waals surface area contributed by atoms with Gasteiger partial charge in [0, 0.05) is 43.4 Å². The Kier molecular flexibility index (Phi) is 3.92. The van der Waals surface area contributed by atoms with E-state index in [-0.39, 0.29) is 11.7 Å². The zero-order valence-corrected chi connectivity index (χ0v) is 12.6. The average molecular weight is 287 g/mol. The minimum atomic E-state index is 0.0347. The monoisotopic (exact) mass is 287 g/mol. The predicted octanol–water partition coefficient (Wildman–Crippen LogP) is 2.13. The first-order chi connectivity index (χ1) is 10.1. The largest absolute Gasteiger partial charge is 0.376 e. The third-order valence-corrected chi connectivity index (χ3v) is 4.01. The summed E-state index contributed by atoms with van der Waals surface area (Å²) in [5.74, 6) is 0.892. The van der Waals surface area contributed by atoms with Crippen LogP contribution in [0.4, 0.5) is 0 Å². The summed E-state index contributed by atoms with van der Waals surface area (Å²) in [4.78, 5) is 16.3. The molecule has 0 unspecified atom stereocenters. The minimum Gasteiger partial charge on any atom is -0.376 e. The Bertz CT molecular complexity index is 655. The van der Waals surface area contributed by atoms with E-state index in [9.17, 15) is 4.79 Å². The Labute approximate surface area is 124 Å². The zero-order valence-electron chi connectivity index (χ0n) is 12.6. The van der Waals surface area contributed by atoms with Gasteiger partial charge in [0.25, 0.3) is 5.56 Å². The maximum atomic E-state index is 11.8. The standard InChI is InChI=1S/C16H21N3O2/c1-12-9-13(10-18(2)16(12)20)15-17-6-7-19(15)11-14-5-3-4-8-21-14/h6-7,9-10,14H,3-5,8,11H2,1-2H3/t14-/m1/s1. The fraction of sp³-hybridized carbons (Fsp3) is 0.500. The van der Waals surface area contributed by atoms with Gasteiger partial charge in [0.1, 0.15) is 5.82 Å². The molecular formula is C16H21N3O2. The lowest BCUT2D eigenvalue weighted by Crippen LogP contribution is -2.24. The Hall–Kier alpha value is -1.88. The molecule has 0 amide bonds. The SMILES string of the molecule is Cc1cc(-c2nccn2C[C@H]2CCCCO2)cn(C)c1=O. The van der Waals surface area contributed by atoms with E-state index in [0.29, 0.717) is 0 Å². The van der Waals surface area contributed by atoms with Crippen LogP contribution in [0.5, 0.6) is 0 Å². The van der Waals surface area contributed by atoms with E-state index in [1.165, 1.54) is 6.42 Å². The molecule has 0 aliphatic carbocycles. The van der Waals surface area contributed by atoms with Crippen LogP contribution >= 0.6 is 0 Å². The van der Waals surface area contributed by atoms with E-state index in [2.05, 4.69) is 9.55 Å². The molecule has 1 aliphatic heterocycles. The molecule has 1 atom stereocenters. The van der Waals surface area contributed by atoms with Crippen molar-refractivity contribution in [2.45, 2.75) is 38.8 Å². The van der Waals surface area contributed by atoms with Crippen LogP contribution in [0, 0.1) is 6.92 Å². The van der Waals surface area contributed by atoms with Crippen molar-refractivity contribution >= 4 is 0 Å². The number of imidazole rings is 1. The lowest BCUT2D eigenvalue weighted by Gasteiger charge is -2.23. The van der Waals surface area contributed by atoms with Gasteiger partial charge in [-0.1, -0.05) is 0 Å². The molecule has 5 heteroatoms. The molecule has 1 aliphatic rings. The molecule has 1 fully saturated rings. The van der Waals surface area contributed by atoms with Crippen LogP contribution in [0.1, 0.15) is 24.8 Å². The number of hydrogen-bond acceptors (Lipinski definition) is 3. The highest BCUT2D eigenvalue weighted by atomic mass is 16.5. The fourth-order valence-corrected chi connectivity index (χ4v) is 2.89. The van der Waals surface area contributed by atoms with Crippen molar-refractivity contribution in [2.75, 3.05) is 6.61 Å². The molecule has 0 saturated carbocycles. The highest BCUT2D eigenvalue weighted by molar-refractivity contribution is 5.55. The minimum absolute atomic E-state index is 0.0347. The Morgan fingerprint density at radius 2 is 2.29 bits per heavy atom. The third kappa shape index (κ3) is 2.93. The third-order valence-electron chi connectivity index (χ3n) is 4.01. The number of rotatable bonds is 3. The van der Waals surface area contributed by atoms with Gasteiger partial charge >= 0.3 is 0 Å². The summed E-state index contributed by atoms with van der Waals surface area (Å²) in [7, 11) is 1.77. The number of hydrogen-bond donors (Lipinski definition) is 0. The zero-order chi connectivity index (χ0) is 14.8. The molecule has 2 aromatic rings. The van der Waals surface area contributed by atoms with E-state index in [4.69, 9.17) is 4.74 Å². The summed E-state index contributed by atoms with van der Waals surface area (Å²) in [5, 5.41) is 0. The lowest BCUT2D eigenvalue weighted by molar-refractivity contribution is 0.00624. The fourth-order valence-electron chi connectivity index (χ4n) is 2.89. The second kappa shape index (κ2) is 5.85. The van der Waals surface area contributed by atoms with Crippen molar-refractivity contribution in [1.29, 1.82) is 0 Å². The highest BCUT2D eigenvalue weighted by Crippen LogP contribution is 2.20. The normalized spacial score (nSPS) is 18.9. The van der Waals surface area contributed by atoms with Crippen molar-refractivity contribution in [2.24, 2.45) is 7.05 Å². The molecule has 0 aromatic carbocycles. The summed E-state index contributed by atoms with van der Waals surface area (Å²) >= 11 is 0. The summed E-state index contributed by atoms with van der Waals surface area (Å²) < 4.78 is 9.54. The van der Waals surface area contributed by atoms with Gasteiger partial charge in [-0.15, -0.1) is 0 Å². The van der Waals surface area contributed by atoms with Gasteiger partial charge in [-0.3, -0.25) is 4.79 Å². The van der Waals surface area contributed by atoms with Crippen molar-refractivity contribution in [3.05, 3.63) is 40.6 Å². The maximum Gasteiger partial charge on any atom is 0.253 e. The summed E-state index contributed by atoms with van der Waals surface area (Å²) in [6, 6.07) is 1.91. The van der Waals surface area contributed by atoms with E-state index >= 15 is 0 Å². The van der Waals surface area contributed by atoms with E-state index in [1.54, 1.807) is 17.8 Å². The highest BCUT2D eigenvalue weighted by Gasteiger charge is 2.17. The van der Waals surface area contributed by atoms with Crippen LogP contribution in [-0.4, -0.2) is 26.8 Å². The number of aryl methyl sites for hydroxylation is 2. The van der Waals surface area contributed by atoms with Crippen molar-refractivity contribution in [3.8, 4) is 11.4 Å².